The molecule has 3 aromatic rings. The van der Waals surface area contributed by atoms with E-state index in [-0.39, 0.29) is 10.8 Å². The maximum absolute atomic E-state index is 2.65. The van der Waals surface area contributed by atoms with Gasteiger partial charge in [0.05, 0.1) is 0 Å². The first-order valence-electron chi connectivity index (χ1n) is 16.8. The van der Waals surface area contributed by atoms with Crippen LogP contribution in [-0.2, 0) is 10.8 Å². The maximum Gasteiger partial charge on any atom is 0.0212 e. The Balaban J connectivity index is 1.54. The minimum Gasteiger partial charge on any atom is -0.0654 e. The largest absolute Gasteiger partial charge is 0.0654 e. The van der Waals surface area contributed by atoms with Crippen LogP contribution >= 0.6 is 0 Å². The van der Waals surface area contributed by atoms with Gasteiger partial charge in [-0.15, -0.1) is 0 Å². The molecule has 2 aliphatic rings. The summed E-state index contributed by atoms with van der Waals surface area (Å²) in [6.07, 6.45) is 17.5. The quantitative estimate of drug-likeness (QED) is 0.180. The molecule has 0 saturated carbocycles. The van der Waals surface area contributed by atoms with Gasteiger partial charge in [-0.2, -0.15) is 0 Å². The van der Waals surface area contributed by atoms with Crippen LogP contribution in [0, 0.1) is 12.8 Å². The van der Waals surface area contributed by atoms with Crippen LogP contribution in [0.2, 0.25) is 0 Å². The smallest absolute Gasteiger partial charge is 0.0212 e. The van der Waals surface area contributed by atoms with Crippen molar-refractivity contribution in [1.29, 1.82) is 0 Å². The number of unbranched alkanes of at least 4 members (excludes halogenated alkanes) is 9. The van der Waals surface area contributed by atoms with Crippen LogP contribution in [0.4, 0.5) is 0 Å². The number of rotatable bonds is 14. The molecule has 2 aliphatic carbocycles. The Bertz CT molecular complexity index is 1310. The number of aryl methyl sites for hydroxylation is 1. The number of fused-ring (bicyclic) bond motifs is 6. The second kappa shape index (κ2) is 12.3. The average molecular weight is 535 g/mol. The highest BCUT2D eigenvalue weighted by Crippen LogP contribution is 2.59. The molecule has 5 rings (SSSR count). The Morgan fingerprint density at radius 1 is 0.575 bits per heavy atom. The van der Waals surface area contributed by atoms with E-state index in [1.54, 1.807) is 22.3 Å². The first-order chi connectivity index (χ1) is 19.4. The molecule has 3 unspecified atom stereocenters. The van der Waals surface area contributed by atoms with Crippen molar-refractivity contribution in [2.75, 3.05) is 0 Å². The van der Waals surface area contributed by atoms with Gasteiger partial charge in [0.15, 0.2) is 0 Å². The number of hydrogen-bond acceptors (Lipinski definition) is 0. The third kappa shape index (κ3) is 5.10. The highest BCUT2D eigenvalue weighted by molar-refractivity contribution is 5.89. The van der Waals surface area contributed by atoms with Crippen molar-refractivity contribution < 1.29 is 0 Å². The van der Waals surface area contributed by atoms with Crippen LogP contribution < -0.4 is 0 Å². The third-order valence-corrected chi connectivity index (χ3v) is 10.9. The lowest BCUT2D eigenvalue weighted by molar-refractivity contribution is 0.345. The van der Waals surface area contributed by atoms with Gasteiger partial charge < -0.3 is 0 Å². The van der Waals surface area contributed by atoms with Gasteiger partial charge in [0.1, 0.15) is 0 Å². The lowest BCUT2D eigenvalue weighted by Gasteiger charge is -2.35. The van der Waals surface area contributed by atoms with Gasteiger partial charge in [-0.25, -0.2) is 0 Å². The van der Waals surface area contributed by atoms with Crippen LogP contribution in [0.1, 0.15) is 146 Å². The topological polar surface area (TPSA) is 0 Å². The molecule has 0 aromatic heterocycles. The van der Waals surface area contributed by atoms with Crippen molar-refractivity contribution in [3.8, 4) is 22.3 Å². The molecule has 0 aliphatic heterocycles. The lowest BCUT2D eigenvalue weighted by Crippen LogP contribution is -2.30. The summed E-state index contributed by atoms with van der Waals surface area (Å²) in [4.78, 5) is 0. The van der Waals surface area contributed by atoms with Gasteiger partial charge in [0.2, 0.25) is 0 Å². The SMILES string of the molecule is CCCCCCCCC1(C)c2ccccc2-c2cc3c(cc21)-c1ccc(C)cc1C3(C)C(C)CCCCCCC. The molecular formula is C40H54. The number of benzene rings is 3. The Hall–Kier alpha value is -2.34. The van der Waals surface area contributed by atoms with Crippen molar-refractivity contribution in [2.24, 2.45) is 5.92 Å². The summed E-state index contributed by atoms with van der Waals surface area (Å²) in [7, 11) is 0. The predicted octanol–water partition coefficient (Wildman–Crippen LogP) is 12.3. The first kappa shape index (κ1) is 29.2. The Kier molecular flexibility index (Phi) is 8.94. The van der Waals surface area contributed by atoms with E-state index in [9.17, 15) is 0 Å². The second-order valence-corrected chi connectivity index (χ2v) is 13.7. The van der Waals surface area contributed by atoms with E-state index in [1.807, 2.05) is 0 Å². The molecule has 0 saturated heterocycles. The summed E-state index contributed by atoms with van der Waals surface area (Å²) in [5.41, 5.74) is 13.8. The zero-order valence-electron chi connectivity index (χ0n) is 26.5. The standard InChI is InChI=1S/C40H54/c1-7-9-11-13-15-19-25-39(5)35-22-18-17-21-31(35)33-28-38-34(27-36(33)39)32-24-23-29(3)26-37(32)40(38,6)30(4)20-16-14-12-10-8-2/h17-18,21-24,26-28,30H,7-16,19-20,25H2,1-6H3. The van der Waals surface area contributed by atoms with E-state index in [1.165, 1.54) is 111 Å². The molecular weight excluding hydrogens is 480 g/mol. The summed E-state index contributed by atoms with van der Waals surface area (Å²) < 4.78 is 0. The fourth-order valence-corrected chi connectivity index (χ4v) is 8.15. The average Bonchev–Trinajstić information content (AvgIpc) is 3.35. The molecule has 0 spiro atoms. The lowest BCUT2D eigenvalue weighted by atomic mass is 9.68. The fourth-order valence-electron chi connectivity index (χ4n) is 8.15. The van der Waals surface area contributed by atoms with E-state index >= 15 is 0 Å². The Labute approximate surface area is 246 Å². The zero-order chi connectivity index (χ0) is 28.3. The molecule has 0 bridgehead atoms. The molecule has 0 radical (unpaired) electrons. The Morgan fingerprint density at radius 2 is 1.15 bits per heavy atom. The molecule has 40 heavy (non-hydrogen) atoms. The van der Waals surface area contributed by atoms with Crippen molar-refractivity contribution in [3.05, 3.63) is 82.4 Å². The molecule has 3 aromatic carbocycles. The van der Waals surface area contributed by atoms with Crippen LogP contribution in [0.15, 0.2) is 54.6 Å². The van der Waals surface area contributed by atoms with Gasteiger partial charge in [-0.3, -0.25) is 0 Å². The monoisotopic (exact) mass is 534 g/mol. The van der Waals surface area contributed by atoms with Crippen molar-refractivity contribution in [2.45, 2.75) is 136 Å². The van der Waals surface area contributed by atoms with Gasteiger partial charge in [0.25, 0.3) is 0 Å². The highest BCUT2D eigenvalue weighted by Gasteiger charge is 2.46. The molecule has 0 heterocycles. The fraction of sp³-hybridized carbons (Fsp3) is 0.550. The molecule has 0 heteroatoms. The van der Waals surface area contributed by atoms with Crippen molar-refractivity contribution in [1.82, 2.24) is 0 Å². The number of hydrogen-bond donors (Lipinski definition) is 0. The van der Waals surface area contributed by atoms with Crippen LogP contribution in [0.25, 0.3) is 22.3 Å². The summed E-state index contributed by atoms with van der Waals surface area (Å²) in [6, 6.07) is 21.9. The summed E-state index contributed by atoms with van der Waals surface area (Å²) in [5, 5.41) is 0. The molecule has 3 atom stereocenters. The summed E-state index contributed by atoms with van der Waals surface area (Å²) in [5.74, 6) is 0.611. The van der Waals surface area contributed by atoms with Crippen molar-refractivity contribution >= 4 is 0 Å². The van der Waals surface area contributed by atoms with Gasteiger partial charge in [-0.05, 0) is 82.3 Å². The predicted molar refractivity (Wildman–Crippen MR) is 175 cm³/mol. The molecule has 0 N–H and O–H groups in total. The van der Waals surface area contributed by atoms with E-state index in [0.717, 1.165) is 0 Å². The molecule has 214 valence electrons. The minimum atomic E-state index is 0.0592. The van der Waals surface area contributed by atoms with Crippen molar-refractivity contribution in [3.63, 3.8) is 0 Å². The van der Waals surface area contributed by atoms with E-state index in [4.69, 9.17) is 0 Å². The first-order valence-corrected chi connectivity index (χ1v) is 16.8. The summed E-state index contributed by atoms with van der Waals surface area (Å²) in [6.45, 7) is 14.5. The Morgan fingerprint density at radius 3 is 1.90 bits per heavy atom. The van der Waals surface area contributed by atoms with E-state index in [0.29, 0.717) is 5.92 Å². The summed E-state index contributed by atoms with van der Waals surface area (Å²) >= 11 is 0. The molecule has 0 nitrogen and oxygen atoms in total. The highest BCUT2D eigenvalue weighted by atomic mass is 14.5. The van der Waals surface area contributed by atoms with E-state index < -0.39 is 0 Å². The van der Waals surface area contributed by atoms with Gasteiger partial charge in [0, 0.05) is 10.8 Å². The van der Waals surface area contributed by atoms with Gasteiger partial charge in [-0.1, -0.05) is 153 Å². The third-order valence-electron chi connectivity index (χ3n) is 10.9. The molecule has 0 amide bonds. The normalized spacial score (nSPS) is 21.1. The van der Waals surface area contributed by atoms with Crippen LogP contribution in [0.3, 0.4) is 0 Å². The van der Waals surface area contributed by atoms with Crippen LogP contribution in [-0.4, -0.2) is 0 Å². The molecule has 0 fully saturated rings. The maximum atomic E-state index is 2.65. The van der Waals surface area contributed by atoms with E-state index in [2.05, 4.69) is 96.1 Å². The van der Waals surface area contributed by atoms with Crippen LogP contribution in [0.5, 0.6) is 0 Å². The minimum absolute atomic E-state index is 0.0592. The van der Waals surface area contributed by atoms with Gasteiger partial charge >= 0.3 is 0 Å². The zero-order valence-corrected chi connectivity index (χ0v) is 26.5. The second-order valence-electron chi connectivity index (χ2n) is 13.7.